The van der Waals surface area contributed by atoms with Gasteiger partial charge in [0.25, 0.3) is 0 Å². The highest BCUT2D eigenvalue weighted by Crippen LogP contribution is 2.36. The third-order valence-electron chi connectivity index (χ3n) is 3.93. The van der Waals surface area contributed by atoms with Gasteiger partial charge < -0.3 is 4.43 Å². The van der Waals surface area contributed by atoms with Crippen molar-refractivity contribution in [2.75, 3.05) is 6.61 Å². The maximum absolute atomic E-state index is 6.17. The minimum absolute atomic E-state index is 0.317. The molecule has 0 aliphatic rings. The summed E-state index contributed by atoms with van der Waals surface area (Å²) in [6.07, 6.45) is 4.54. The first-order chi connectivity index (χ1) is 9.33. The summed E-state index contributed by atoms with van der Waals surface area (Å²) in [6, 6.07) is 10.6. The predicted molar refractivity (Wildman–Crippen MR) is 93.4 cm³/mol. The Morgan fingerprint density at radius 1 is 1.15 bits per heavy atom. The molecule has 0 bridgehead atoms. The monoisotopic (exact) mass is 304 g/mol. The van der Waals surface area contributed by atoms with Gasteiger partial charge in [0.2, 0.25) is 0 Å². The van der Waals surface area contributed by atoms with Crippen molar-refractivity contribution in [3.63, 3.8) is 0 Å². The van der Waals surface area contributed by atoms with Crippen molar-refractivity contribution in [1.82, 2.24) is 0 Å². The van der Waals surface area contributed by atoms with E-state index >= 15 is 0 Å². The summed E-state index contributed by atoms with van der Waals surface area (Å²) in [6.45, 7) is 12.4. The average Bonchev–Trinajstić information content (AvgIpc) is 2.37. The first-order valence-electron chi connectivity index (χ1n) is 7.43. The van der Waals surface area contributed by atoms with E-state index in [4.69, 9.17) is 4.43 Å². The fourth-order valence-corrected chi connectivity index (χ4v) is 3.47. The third kappa shape index (κ3) is 6.20. The molecule has 1 rings (SSSR count). The van der Waals surface area contributed by atoms with E-state index in [1.165, 1.54) is 5.19 Å². The van der Waals surface area contributed by atoms with Crippen molar-refractivity contribution in [1.29, 1.82) is 0 Å². The summed E-state index contributed by atoms with van der Waals surface area (Å²) in [5.41, 5.74) is 2.29. The quantitative estimate of drug-likeness (QED) is 0.538. The molecule has 1 aromatic rings. The van der Waals surface area contributed by atoms with Crippen molar-refractivity contribution in [3.8, 4) is 0 Å². The van der Waals surface area contributed by atoms with E-state index in [1.807, 2.05) is 0 Å². The molecule has 0 aliphatic carbocycles. The van der Waals surface area contributed by atoms with E-state index in [9.17, 15) is 0 Å². The van der Waals surface area contributed by atoms with Crippen LogP contribution in [0, 0.1) is 0 Å². The van der Waals surface area contributed by atoms with Gasteiger partial charge in [0.15, 0.2) is 8.32 Å². The molecule has 0 saturated heterocycles. The van der Waals surface area contributed by atoms with E-state index in [1.54, 1.807) is 0 Å². The highest BCUT2D eigenvalue weighted by molar-refractivity contribution is 6.74. The van der Waals surface area contributed by atoms with Crippen LogP contribution in [0.15, 0.2) is 42.1 Å². The summed E-state index contributed by atoms with van der Waals surface area (Å²) >= 11 is 0. The molecule has 0 heterocycles. The van der Waals surface area contributed by atoms with Crippen molar-refractivity contribution < 1.29 is 4.43 Å². The second kappa shape index (κ2) is 7.96. The minimum Gasteiger partial charge on any atom is -0.417 e. The van der Waals surface area contributed by atoms with Crippen LogP contribution in [-0.4, -0.2) is 24.4 Å². The molecule has 0 aromatic heterocycles. The first-order valence-corrected chi connectivity index (χ1v) is 11.4. The average molecular weight is 305 g/mol. The number of rotatable bonds is 7. The van der Waals surface area contributed by atoms with Gasteiger partial charge in [-0.2, -0.15) is 0 Å². The summed E-state index contributed by atoms with van der Waals surface area (Å²) < 4.78 is 6.17. The van der Waals surface area contributed by atoms with Gasteiger partial charge >= 0.3 is 0 Å². The molecular weight excluding hydrogens is 276 g/mol. The van der Waals surface area contributed by atoms with Gasteiger partial charge in [-0.3, -0.25) is 0 Å². The lowest BCUT2D eigenvalue weighted by Gasteiger charge is -2.36. The molecule has 0 aliphatic heterocycles. The Balaban J connectivity index is 2.16. The Morgan fingerprint density at radius 2 is 1.80 bits per heavy atom. The van der Waals surface area contributed by atoms with Crippen LogP contribution in [0.1, 0.15) is 33.6 Å². The van der Waals surface area contributed by atoms with E-state index in [0.29, 0.717) is 5.04 Å². The van der Waals surface area contributed by atoms with Crippen LogP contribution in [0.25, 0.3) is 0 Å². The Labute approximate surface area is 128 Å². The van der Waals surface area contributed by atoms with Crippen LogP contribution in [0.3, 0.4) is 0 Å². The van der Waals surface area contributed by atoms with Gasteiger partial charge in [0.05, 0.1) is 0 Å². The summed E-state index contributed by atoms with van der Waals surface area (Å²) in [7, 11) is -0.765. The lowest BCUT2D eigenvalue weighted by Crippen LogP contribution is -2.40. The standard InChI is InChI=1S/C17H28OSi2/c1-17(2,3)20(4,5)18-14-10-7-11-15-19-16-12-8-6-9-13-16/h6,8-9,11-13,15H,7,10,14H2,1-5H3/b15-11-. The summed E-state index contributed by atoms with van der Waals surface area (Å²) in [5.74, 6) is 0. The lowest BCUT2D eigenvalue weighted by atomic mass is 10.2. The van der Waals surface area contributed by atoms with Crippen molar-refractivity contribution in [2.24, 2.45) is 0 Å². The first kappa shape index (κ1) is 17.4. The van der Waals surface area contributed by atoms with E-state index < -0.39 is 8.32 Å². The van der Waals surface area contributed by atoms with Crippen LogP contribution < -0.4 is 5.19 Å². The predicted octanol–water partition coefficient (Wildman–Crippen LogP) is 4.33. The van der Waals surface area contributed by atoms with Gasteiger partial charge in [-0.25, -0.2) is 0 Å². The Bertz CT molecular complexity index is 405. The van der Waals surface area contributed by atoms with Crippen LogP contribution >= 0.6 is 0 Å². The van der Waals surface area contributed by atoms with Crippen LogP contribution in [0.4, 0.5) is 0 Å². The molecule has 3 heteroatoms. The SMILES string of the molecule is CC(C)(C)[Si](C)(C)OCCC/C=C\[Si]c1ccccc1. The van der Waals surface area contributed by atoms with E-state index in [0.717, 1.165) is 29.0 Å². The van der Waals surface area contributed by atoms with Gasteiger partial charge in [-0.05, 0) is 31.0 Å². The zero-order valence-corrected chi connectivity index (χ0v) is 15.6. The molecule has 1 aromatic carbocycles. The molecule has 2 radical (unpaired) electrons. The maximum Gasteiger partial charge on any atom is 0.191 e. The van der Waals surface area contributed by atoms with Gasteiger partial charge in [-0.1, -0.05) is 68.1 Å². The van der Waals surface area contributed by atoms with E-state index in [2.05, 4.69) is 76.0 Å². The van der Waals surface area contributed by atoms with Crippen LogP contribution in [0.2, 0.25) is 18.1 Å². The number of unbranched alkanes of at least 4 members (excludes halogenated alkanes) is 1. The number of hydrogen-bond donors (Lipinski definition) is 0. The second-order valence-electron chi connectivity index (χ2n) is 6.66. The van der Waals surface area contributed by atoms with Gasteiger partial charge in [0.1, 0.15) is 9.52 Å². The fourth-order valence-electron chi connectivity index (χ4n) is 1.52. The molecule has 1 nitrogen and oxygen atoms in total. The third-order valence-corrected chi connectivity index (χ3v) is 9.53. The zero-order valence-electron chi connectivity index (χ0n) is 13.6. The molecule has 0 atom stereocenters. The topological polar surface area (TPSA) is 9.23 Å². The molecule has 0 fully saturated rings. The van der Waals surface area contributed by atoms with Crippen molar-refractivity contribution >= 4 is 23.0 Å². The molecular formula is C17H28OSi2. The zero-order chi connectivity index (χ0) is 15.1. The highest BCUT2D eigenvalue weighted by atomic mass is 28.4. The minimum atomic E-state index is -1.55. The highest BCUT2D eigenvalue weighted by Gasteiger charge is 2.36. The summed E-state index contributed by atoms with van der Waals surface area (Å²) in [4.78, 5) is 0. The van der Waals surface area contributed by atoms with Crippen LogP contribution in [0.5, 0.6) is 0 Å². The summed E-state index contributed by atoms with van der Waals surface area (Å²) in [5, 5.41) is 1.72. The Hall–Kier alpha value is -0.646. The largest absolute Gasteiger partial charge is 0.417 e. The van der Waals surface area contributed by atoms with Crippen molar-refractivity contribution in [3.05, 3.63) is 42.1 Å². The Morgan fingerprint density at radius 3 is 2.40 bits per heavy atom. The fraction of sp³-hybridized carbons (Fsp3) is 0.529. The number of allylic oxidation sites excluding steroid dienone is 1. The van der Waals surface area contributed by atoms with Gasteiger partial charge in [-0.15, -0.1) is 0 Å². The Kier molecular flexibility index (Phi) is 6.93. The molecule has 0 saturated carbocycles. The number of benzene rings is 1. The second-order valence-corrected chi connectivity index (χ2v) is 12.7. The van der Waals surface area contributed by atoms with E-state index in [-0.39, 0.29) is 0 Å². The molecule has 110 valence electrons. The molecule has 20 heavy (non-hydrogen) atoms. The number of hydrogen-bond acceptors (Lipinski definition) is 1. The van der Waals surface area contributed by atoms with Crippen molar-refractivity contribution in [2.45, 2.75) is 51.7 Å². The normalized spacial score (nSPS) is 13.1. The van der Waals surface area contributed by atoms with Gasteiger partial charge in [0, 0.05) is 6.61 Å². The molecule has 0 unspecified atom stereocenters. The lowest BCUT2D eigenvalue weighted by molar-refractivity contribution is 0.283. The molecule has 0 N–H and O–H groups in total. The molecule has 0 spiro atoms. The van der Waals surface area contributed by atoms with Crippen LogP contribution in [-0.2, 0) is 4.43 Å². The molecule has 0 amide bonds. The maximum atomic E-state index is 6.17. The smallest absolute Gasteiger partial charge is 0.191 e.